The number of nitrogens with one attached hydrogen (secondary N) is 2. The molecule has 0 aliphatic rings. The number of ether oxygens (including phenoxy) is 5. The molecule has 0 saturated carbocycles. The van der Waals surface area contributed by atoms with E-state index in [0.29, 0.717) is 48.2 Å². The van der Waals surface area contributed by atoms with Gasteiger partial charge in [-0.05, 0) is 64.1 Å². The molecule has 35 heavy (non-hydrogen) atoms. The lowest BCUT2D eigenvalue weighted by Gasteiger charge is -2.17. The predicted molar refractivity (Wildman–Crippen MR) is 129 cm³/mol. The van der Waals surface area contributed by atoms with Gasteiger partial charge in [0.2, 0.25) is 5.75 Å². The van der Waals surface area contributed by atoms with Gasteiger partial charge in [-0.2, -0.15) is 0 Å². The lowest BCUT2D eigenvalue weighted by molar-refractivity contribution is 0.0927. The summed E-state index contributed by atoms with van der Waals surface area (Å²) in [5.41, 5.74) is 0.727. The van der Waals surface area contributed by atoms with Crippen molar-refractivity contribution in [3.63, 3.8) is 0 Å². The molecule has 0 heterocycles. The van der Waals surface area contributed by atoms with Crippen molar-refractivity contribution >= 4 is 18.0 Å². The van der Waals surface area contributed by atoms with Crippen LogP contribution >= 0.6 is 0 Å². The molecule has 0 aliphatic carbocycles. The summed E-state index contributed by atoms with van der Waals surface area (Å²) in [7, 11) is 0. The number of rotatable bonds is 13. The lowest BCUT2D eigenvalue weighted by atomic mass is 10.1. The Balaban J connectivity index is 1.92. The van der Waals surface area contributed by atoms with Crippen LogP contribution in [-0.4, -0.2) is 57.5 Å². The van der Waals surface area contributed by atoms with E-state index in [0.717, 1.165) is 0 Å². The average molecular weight is 489 g/mol. The molecule has 2 aromatic rings. The van der Waals surface area contributed by atoms with Gasteiger partial charge < -0.3 is 34.3 Å². The molecule has 2 N–H and O–H groups in total. The van der Waals surface area contributed by atoms with Gasteiger partial charge in [0, 0.05) is 24.2 Å². The van der Waals surface area contributed by atoms with Crippen LogP contribution in [0, 0.1) is 0 Å². The van der Waals surface area contributed by atoms with Crippen LogP contribution in [0.2, 0.25) is 0 Å². The fourth-order valence-corrected chi connectivity index (χ4v) is 2.99. The van der Waals surface area contributed by atoms with Crippen molar-refractivity contribution in [2.75, 3.05) is 39.5 Å². The summed E-state index contributed by atoms with van der Waals surface area (Å²) in [5, 5.41) is 5.48. The Morgan fingerprint density at radius 3 is 1.69 bits per heavy atom. The second-order valence-electron chi connectivity index (χ2n) is 6.92. The van der Waals surface area contributed by atoms with E-state index in [1.165, 1.54) is 24.3 Å². The fourth-order valence-electron chi connectivity index (χ4n) is 2.99. The normalized spacial score (nSPS) is 10.2. The zero-order valence-corrected chi connectivity index (χ0v) is 20.5. The van der Waals surface area contributed by atoms with Gasteiger partial charge in [0.25, 0.3) is 11.8 Å². The highest BCUT2D eigenvalue weighted by Gasteiger charge is 2.18. The summed E-state index contributed by atoms with van der Waals surface area (Å²) >= 11 is 0. The van der Waals surface area contributed by atoms with E-state index < -0.39 is 6.16 Å². The largest absolute Gasteiger partial charge is 0.513 e. The molecule has 0 fully saturated rings. The molecule has 10 heteroatoms. The molecule has 2 aromatic carbocycles. The molecule has 0 bridgehead atoms. The van der Waals surface area contributed by atoms with Crippen LogP contribution in [0.4, 0.5) is 4.79 Å². The van der Waals surface area contributed by atoms with Crippen molar-refractivity contribution in [3.05, 3.63) is 47.5 Å². The van der Waals surface area contributed by atoms with E-state index in [1.54, 1.807) is 19.1 Å². The van der Waals surface area contributed by atoms with Crippen LogP contribution in [0.25, 0.3) is 0 Å². The zero-order chi connectivity index (χ0) is 25.6. The van der Waals surface area contributed by atoms with E-state index in [2.05, 4.69) is 10.6 Å². The third-order valence-electron chi connectivity index (χ3n) is 4.45. The molecule has 0 aromatic heterocycles. The molecule has 190 valence electrons. The zero-order valence-electron chi connectivity index (χ0n) is 20.5. The standard InChI is InChI=1S/C25H32N2O8/c1-5-31-20-15-18(16-21(32-6-2)22(20)33-7-3)24(29)27-14-13-26-23(28)17-9-11-19(12-10-17)35-25(30)34-8-4/h9-12,15-16H,5-8,13-14H2,1-4H3,(H,26,28)(H,27,29). The average Bonchev–Trinajstić information content (AvgIpc) is 2.84. The third kappa shape index (κ3) is 8.40. The molecule has 0 spiro atoms. The first kappa shape index (κ1) is 27.3. The highest BCUT2D eigenvalue weighted by molar-refractivity contribution is 5.96. The Morgan fingerprint density at radius 1 is 0.686 bits per heavy atom. The van der Waals surface area contributed by atoms with Gasteiger partial charge in [0.15, 0.2) is 11.5 Å². The Bertz CT molecular complexity index is 964. The summed E-state index contributed by atoms with van der Waals surface area (Å²) < 4.78 is 26.6. The Kier molecular flexibility index (Phi) is 11.2. The summed E-state index contributed by atoms with van der Waals surface area (Å²) in [6.07, 6.45) is -0.810. The highest BCUT2D eigenvalue weighted by atomic mass is 16.7. The number of carbonyl (C=O) groups excluding carboxylic acids is 3. The van der Waals surface area contributed by atoms with Gasteiger partial charge in [-0.1, -0.05) is 0 Å². The first-order valence-corrected chi connectivity index (χ1v) is 11.5. The summed E-state index contributed by atoms with van der Waals surface area (Å²) in [5.74, 6) is 0.896. The first-order valence-electron chi connectivity index (χ1n) is 11.5. The second kappa shape index (κ2) is 14.3. The van der Waals surface area contributed by atoms with Crippen LogP contribution in [0.1, 0.15) is 48.4 Å². The molecular weight excluding hydrogens is 456 g/mol. The van der Waals surface area contributed by atoms with Crippen molar-refractivity contribution in [1.29, 1.82) is 0 Å². The van der Waals surface area contributed by atoms with Crippen LogP contribution in [0.3, 0.4) is 0 Å². The minimum Gasteiger partial charge on any atom is -0.490 e. The number of benzene rings is 2. The highest BCUT2D eigenvalue weighted by Crippen LogP contribution is 2.39. The molecular formula is C25H32N2O8. The van der Waals surface area contributed by atoms with Gasteiger partial charge in [-0.15, -0.1) is 0 Å². The van der Waals surface area contributed by atoms with Crippen molar-refractivity contribution in [3.8, 4) is 23.0 Å². The maximum Gasteiger partial charge on any atom is 0.513 e. The first-order chi connectivity index (χ1) is 16.9. The maximum atomic E-state index is 12.7. The van der Waals surface area contributed by atoms with E-state index in [9.17, 15) is 14.4 Å². The summed E-state index contributed by atoms with van der Waals surface area (Å²) in [6, 6.07) is 9.23. The molecule has 0 radical (unpaired) electrons. The number of amides is 2. The van der Waals surface area contributed by atoms with Crippen molar-refractivity contribution < 1.29 is 38.1 Å². The van der Waals surface area contributed by atoms with E-state index in [1.807, 2.05) is 20.8 Å². The van der Waals surface area contributed by atoms with Crippen molar-refractivity contribution in [1.82, 2.24) is 10.6 Å². The monoisotopic (exact) mass is 488 g/mol. The quantitative estimate of drug-likeness (QED) is 0.249. The van der Waals surface area contributed by atoms with Crippen molar-refractivity contribution in [2.45, 2.75) is 27.7 Å². The minimum absolute atomic E-state index is 0.204. The van der Waals surface area contributed by atoms with Crippen LogP contribution in [0.5, 0.6) is 23.0 Å². The van der Waals surface area contributed by atoms with Crippen LogP contribution in [0.15, 0.2) is 36.4 Å². The van der Waals surface area contributed by atoms with E-state index in [4.69, 9.17) is 23.7 Å². The molecule has 0 unspecified atom stereocenters. The molecule has 2 rings (SSSR count). The number of carbonyl (C=O) groups is 3. The van der Waals surface area contributed by atoms with E-state index in [-0.39, 0.29) is 37.3 Å². The van der Waals surface area contributed by atoms with Gasteiger partial charge in [-0.25, -0.2) is 4.79 Å². The lowest BCUT2D eigenvalue weighted by Crippen LogP contribution is -2.34. The fraction of sp³-hybridized carbons (Fsp3) is 0.400. The van der Waals surface area contributed by atoms with Crippen molar-refractivity contribution in [2.24, 2.45) is 0 Å². The van der Waals surface area contributed by atoms with Gasteiger partial charge in [0.1, 0.15) is 5.75 Å². The molecule has 0 aliphatic heterocycles. The molecule has 2 amide bonds. The number of hydrogen-bond acceptors (Lipinski definition) is 8. The van der Waals surface area contributed by atoms with Gasteiger partial charge >= 0.3 is 6.16 Å². The Morgan fingerprint density at radius 2 is 1.20 bits per heavy atom. The van der Waals surface area contributed by atoms with Gasteiger partial charge in [0.05, 0.1) is 26.4 Å². The second-order valence-corrected chi connectivity index (χ2v) is 6.92. The maximum absolute atomic E-state index is 12.7. The van der Waals surface area contributed by atoms with Crippen LogP contribution in [-0.2, 0) is 4.74 Å². The Hall–Kier alpha value is -3.95. The van der Waals surface area contributed by atoms with Gasteiger partial charge in [-0.3, -0.25) is 9.59 Å². The summed E-state index contributed by atoms with van der Waals surface area (Å²) in [6.45, 7) is 9.05. The third-order valence-corrected chi connectivity index (χ3v) is 4.45. The predicted octanol–water partition coefficient (Wildman–Crippen LogP) is 3.58. The summed E-state index contributed by atoms with van der Waals surface area (Å²) in [4.78, 5) is 36.3. The molecule has 0 saturated heterocycles. The van der Waals surface area contributed by atoms with E-state index >= 15 is 0 Å². The smallest absolute Gasteiger partial charge is 0.490 e. The molecule has 10 nitrogen and oxygen atoms in total. The number of hydrogen-bond donors (Lipinski definition) is 2. The SMILES string of the molecule is CCOC(=O)Oc1ccc(C(=O)NCCNC(=O)c2cc(OCC)c(OCC)c(OCC)c2)cc1. The van der Waals surface area contributed by atoms with Crippen LogP contribution < -0.4 is 29.6 Å². The minimum atomic E-state index is -0.810. The Labute approximate surface area is 204 Å². The topological polar surface area (TPSA) is 121 Å². The molecule has 0 atom stereocenters.